The molecule has 2 spiro atoms. The Labute approximate surface area is 381 Å². The molecular formula is C47H76O18. The molecule has 25 atom stereocenters. The molecule has 2 bridgehead atoms. The van der Waals surface area contributed by atoms with E-state index in [-0.39, 0.29) is 40.1 Å². The van der Waals surface area contributed by atoms with Crippen LogP contribution in [-0.2, 0) is 37.9 Å². The fourth-order valence-electron chi connectivity index (χ4n) is 15.9. The smallest absolute Gasteiger partial charge is 0.187 e. The summed E-state index contributed by atoms with van der Waals surface area (Å²) in [5.74, 6) is -0.184. The highest BCUT2D eigenvalue weighted by atomic mass is 16.8. The van der Waals surface area contributed by atoms with Gasteiger partial charge in [-0.1, -0.05) is 39.3 Å². The molecule has 18 heteroatoms. The van der Waals surface area contributed by atoms with Gasteiger partial charge in [0.05, 0.1) is 44.2 Å². The lowest BCUT2D eigenvalue weighted by atomic mass is 9.35. The summed E-state index contributed by atoms with van der Waals surface area (Å²) in [6, 6.07) is 0. The van der Waals surface area contributed by atoms with Crippen LogP contribution in [0.4, 0.5) is 0 Å². The maximum Gasteiger partial charge on any atom is 0.187 e. The maximum atomic E-state index is 12.2. The van der Waals surface area contributed by atoms with Gasteiger partial charge in [-0.2, -0.15) is 0 Å². The highest BCUT2D eigenvalue weighted by Gasteiger charge is 2.81. The molecule has 9 aliphatic rings. The molecule has 4 aliphatic carbocycles. The fourth-order valence-corrected chi connectivity index (χ4v) is 15.9. The Balaban J connectivity index is 0.991. The van der Waals surface area contributed by atoms with E-state index < -0.39 is 129 Å². The van der Waals surface area contributed by atoms with Crippen molar-refractivity contribution in [3.05, 3.63) is 11.6 Å². The van der Waals surface area contributed by atoms with Crippen molar-refractivity contribution in [2.45, 2.75) is 209 Å². The summed E-state index contributed by atoms with van der Waals surface area (Å²) in [7, 11) is 0. The molecule has 9 fully saturated rings. The minimum Gasteiger partial charge on any atom is -0.394 e. The van der Waals surface area contributed by atoms with Gasteiger partial charge in [0.25, 0.3) is 0 Å². The Bertz CT molecular complexity index is 1760. The number of fused-ring (bicyclic) bond motifs is 4. The van der Waals surface area contributed by atoms with Gasteiger partial charge in [-0.25, -0.2) is 0 Å². The van der Waals surface area contributed by atoms with E-state index in [9.17, 15) is 51.1 Å². The normalized spacial score (nSPS) is 56.9. The van der Waals surface area contributed by atoms with Crippen LogP contribution < -0.4 is 0 Å². The van der Waals surface area contributed by atoms with E-state index in [1.165, 1.54) is 0 Å². The molecule has 0 amide bonds. The highest BCUT2D eigenvalue weighted by Crippen LogP contribution is 2.80. The summed E-state index contributed by atoms with van der Waals surface area (Å²) < 4.78 is 50.9. The van der Waals surface area contributed by atoms with Crippen LogP contribution in [0.2, 0.25) is 0 Å². The van der Waals surface area contributed by atoms with Crippen molar-refractivity contribution in [2.75, 3.05) is 26.4 Å². The molecule has 5 saturated heterocycles. The Morgan fingerprint density at radius 2 is 1.23 bits per heavy atom. The summed E-state index contributed by atoms with van der Waals surface area (Å²) >= 11 is 0. The molecule has 0 unspecified atom stereocenters. The Morgan fingerprint density at radius 3 is 1.86 bits per heavy atom. The first-order valence-electron chi connectivity index (χ1n) is 24.1. The number of aliphatic hydroxyl groups excluding tert-OH is 9. The lowest BCUT2D eigenvalue weighted by Gasteiger charge is -2.70. The van der Waals surface area contributed by atoms with Crippen molar-refractivity contribution in [1.82, 2.24) is 0 Å². The largest absolute Gasteiger partial charge is 0.394 e. The molecule has 5 heterocycles. The zero-order valence-corrected chi connectivity index (χ0v) is 38.8. The summed E-state index contributed by atoms with van der Waals surface area (Å²) in [5.41, 5.74) is -0.668. The van der Waals surface area contributed by atoms with Crippen molar-refractivity contribution in [3.8, 4) is 0 Å². The number of hydrogen-bond donors (Lipinski definition) is 10. The summed E-state index contributed by atoms with van der Waals surface area (Å²) in [6.07, 6.45) is -14.0. The number of hydrogen-bond acceptors (Lipinski definition) is 18. The van der Waals surface area contributed by atoms with Crippen LogP contribution in [0.15, 0.2) is 11.6 Å². The molecule has 9 rings (SSSR count). The average Bonchev–Trinajstić information content (AvgIpc) is 3.86. The molecule has 65 heavy (non-hydrogen) atoms. The van der Waals surface area contributed by atoms with E-state index in [0.717, 1.165) is 44.1 Å². The van der Waals surface area contributed by atoms with Gasteiger partial charge in [-0.05, 0) is 93.3 Å². The molecule has 10 N–H and O–H groups in total. The monoisotopic (exact) mass is 929 g/mol. The molecule has 0 aromatic heterocycles. The predicted molar refractivity (Wildman–Crippen MR) is 225 cm³/mol. The van der Waals surface area contributed by atoms with Gasteiger partial charge < -0.3 is 89.0 Å². The molecule has 0 aromatic carbocycles. The van der Waals surface area contributed by atoms with Gasteiger partial charge in [-0.15, -0.1) is 0 Å². The Morgan fingerprint density at radius 1 is 0.646 bits per heavy atom. The minimum absolute atomic E-state index is 0.0960. The van der Waals surface area contributed by atoms with Crippen LogP contribution in [0, 0.1) is 45.3 Å². The van der Waals surface area contributed by atoms with E-state index in [0.29, 0.717) is 25.4 Å². The summed E-state index contributed by atoms with van der Waals surface area (Å²) in [6.45, 7) is 13.9. The SMILES string of the molecule is CC(C)=C[C@@H]1C[C@@](C)(O)[C@H]2[C@@H]3CC[C@H]4[C@]5(C)CC[C@@H](O[C@H]6O[C@@H](CO)[C@H](O)[C@@H](O[C@H]7O[C@@H](CO)[C@H](O)[C@@H](O)[C@@H]7O)[C@@H]6O[C@H]6O[C@H](CO)[C@@H](O)[C@@H]6O)C(C)(C)[C@H]5CC[C@]4(C)[C@]34CO[C@]2(C4)O1. The van der Waals surface area contributed by atoms with E-state index in [4.69, 9.17) is 37.9 Å². The van der Waals surface area contributed by atoms with Crippen molar-refractivity contribution < 1.29 is 89.0 Å². The number of allylic oxidation sites excluding steroid dienone is 1. The predicted octanol–water partition coefficient (Wildman–Crippen LogP) is -0.0333. The molecule has 4 saturated carbocycles. The van der Waals surface area contributed by atoms with Crippen LogP contribution >= 0.6 is 0 Å². The second-order valence-corrected chi connectivity index (χ2v) is 22.9. The molecule has 0 aromatic rings. The fraction of sp³-hybridized carbons (Fsp3) is 0.957. The van der Waals surface area contributed by atoms with Gasteiger partial charge in [0, 0.05) is 24.2 Å². The van der Waals surface area contributed by atoms with E-state index in [2.05, 4.69) is 47.6 Å². The van der Waals surface area contributed by atoms with Crippen molar-refractivity contribution in [3.63, 3.8) is 0 Å². The van der Waals surface area contributed by atoms with Crippen LogP contribution in [0.25, 0.3) is 0 Å². The van der Waals surface area contributed by atoms with E-state index in [1.807, 2.05) is 6.92 Å². The zero-order chi connectivity index (χ0) is 47.0. The van der Waals surface area contributed by atoms with Crippen molar-refractivity contribution in [1.29, 1.82) is 0 Å². The first-order valence-corrected chi connectivity index (χ1v) is 24.1. The molecular weight excluding hydrogens is 852 g/mol. The summed E-state index contributed by atoms with van der Waals surface area (Å²) in [5, 5.41) is 108. The topological polar surface area (TPSA) is 276 Å². The molecule has 372 valence electrons. The van der Waals surface area contributed by atoms with Crippen LogP contribution in [0.5, 0.6) is 0 Å². The number of aliphatic hydroxyl groups is 10. The van der Waals surface area contributed by atoms with Gasteiger partial charge in [0.1, 0.15) is 67.1 Å². The van der Waals surface area contributed by atoms with Crippen molar-refractivity contribution in [2.24, 2.45) is 45.3 Å². The quantitative estimate of drug-likeness (QED) is 0.102. The Kier molecular flexibility index (Phi) is 12.9. The number of rotatable bonds is 10. The lowest BCUT2D eigenvalue weighted by molar-refractivity contribution is -0.387. The number of ether oxygens (including phenoxy) is 8. The van der Waals surface area contributed by atoms with Crippen LogP contribution in [0.1, 0.15) is 99.8 Å². The highest BCUT2D eigenvalue weighted by molar-refractivity contribution is 5.26. The molecule has 5 aliphatic heterocycles. The minimum atomic E-state index is -1.86. The van der Waals surface area contributed by atoms with Crippen LogP contribution in [0.3, 0.4) is 0 Å². The first kappa shape index (κ1) is 49.0. The maximum absolute atomic E-state index is 12.2. The van der Waals surface area contributed by atoms with Crippen LogP contribution in [-0.4, -0.2) is 187 Å². The van der Waals surface area contributed by atoms with E-state index in [1.54, 1.807) is 0 Å². The standard InChI is InChI=1S/C47H76O18/c1-21(2)14-22-15-45(7,57)38-23-8-9-28-43(5)12-11-29(42(3,4)27(43)10-13-44(28,6)46(23)19-47(38,65-22)58-20-46)62-41-37(64-39-34(55)31(52)25(17-49)60-39)36(32(53)26(18-50)61-41)63-40-35(56)33(54)30(51)24(16-48)59-40/h14,22-41,48-57H,8-13,15-20H2,1-7H3/t22-,23+,24+,25-,26+,27-,28+,29-,30+,31-,32+,33-,34+,35+,36-,37+,38-,39-,40-,41-,43-,44+,45-,46-,47-/m1/s1. The summed E-state index contributed by atoms with van der Waals surface area (Å²) in [4.78, 5) is 0. The first-order chi connectivity index (χ1) is 30.5. The molecule has 18 nitrogen and oxygen atoms in total. The third-order valence-corrected chi connectivity index (χ3v) is 18.8. The van der Waals surface area contributed by atoms with Gasteiger partial charge >= 0.3 is 0 Å². The molecule has 0 radical (unpaired) electrons. The van der Waals surface area contributed by atoms with Gasteiger partial charge in [0.2, 0.25) is 0 Å². The second-order valence-electron chi connectivity index (χ2n) is 22.9. The average molecular weight is 929 g/mol. The zero-order valence-electron chi connectivity index (χ0n) is 38.8. The second kappa shape index (κ2) is 17.1. The van der Waals surface area contributed by atoms with Crippen molar-refractivity contribution >= 4 is 0 Å². The lowest BCUT2D eigenvalue weighted by Crippen LogP contribution is -2.68. The van der Waals surface area contributed by atoms with Gasteiger partial charge in [0.15, 0.2) is 24.7 Å². The third kappa shape index (κ3) is 7.40. The van der Waals surface area contributed by atoms with E-state index >= 15 is 0 Å². The Hall–Kier alpha value is -0.980. The third-order valence-electron chi connectivity index (χ3n) is 18.8. The van der Waals surface area contributed by atoms with Gasteiger partial charge in [-0.3, -0.25) is 0 Å².